The first-order valence-corrected chi connectivity index (χ1v) is 18.9. The predicted molar refractivity (Wildman–Crippen MR) is 184 cm³/mol. The van der Waals surface area contributed by atoms with Crippen LogP contribution in [-0.4, -0.2) is 55.8 Å². The van der Waals surface area contributed by atoms with Crippen molar-refractivity contribution in [2.75, 3.05) is 20.8 Å². The third-order valence-corrected chi connectivity index (χ3v) is 8.83. The molecule has 1 aromatic heterocycles. The Hall–Kier alpha value is -4.66. The minimum absolute atomic E-state index is 0.0121. The molecule has 47 heavy (non-hydrogen) atoms. The number of hydrogen-bond donors (Lipinski definition) is 2. The Morgan fingerprint density at radius 1 is 0.936 bits per heavy atom. The van der Waals surface area contributed by atoms with Gasteiger partial charge in [0.05, 0.1) is 32.5 Å². The lowest BCUT2D eigenvalue weighted by Gasteiger charge is -2.37. The van der Waals surface area contributed by atoms with E-state index in [0.717, 1.165) is 16.7 Å². The molecule has 2 heterocycles. The first-order valence-electron chi connectivity index (χ1n) is 15.4. The summed E-state index contributed by atoms with van der Waals surface area (Å²) in [5.41, 5.74) is 3.75. The van der Waals surface area contributed by atoms with E-state index in [1.54, 1.807) is 26.4 Å². The topological polar surface area (TPSA) is 112 Å². The first kappa shape index (κ1) is 33.7. The Balaban J connectivity index is 1.47. The van der Waals surface area contributed by atoms with Crippen LogP contribution in [0.5, 0.6) is 11.5 Å². The molecule has 4 aromatic rings. The van der Waals surface area contributed by atoms with E-state index in [9.17, 15) is 14.7 Å². The smallest absolute Gasteiger partial charge is 0.330 e. The van der Waals surface area contributed by atoms with Gasteiger partial charge in [-0.25, -0.2) is 4.79 Å². The highest BCUT2D eigenvalue weighted by atomic mass is 28.3. The number of rotatable bonds is 10. The van der Waals surface area contributed by atoms with Gasteiger partial charge in [0.15, 0.2) is 0 Å². The second-order valence-corrected chi connectivity index (χ2v) is 17.1. The second-order valence-electron chi connectivity index (χ2n) is 12.4. The summed E-state index contributed by atoms with van der Waals surface area (Å²) in [4.78, 5) is 27.8. The summed E-state index contributed by atoms with van der Waals surface area (Å²) in [7, 11) is 1.65. The zero-order valence-electron chi connectivity index (χ0n) is 27.2. The molecule has 10 heteroatoms. The molecular weight excluding hydrogens is 613 g/mol. The number of methoxy groups -OCH3 is 2. The van der Waals surface area contributed by atoms with Crippen molar-refractivity contribution >= 4 is 14.1 Å². The molecule has 0 radical (unpaired) electrons. The monoisotopic (exact) mass is 652 g/mol. The Bertz CT molecular complexity index is 1820. The largest absolute Gasteiger partial charge is 0.497 e. The van der Waals surface area contributed by atoms with Gasteiger partial charge in [-0.05, 0) is 53.1 Å². The van der Waals surface area contributed by atoms with Gasteiger partial charge >= 0.3 is 5.69 Å². The number of hydrogen-bond acceptors (Lipinski definition) is 7. The number of nitrogens with zero attached hydrogens (tertiary/aromatic N) is 1. The summed E-state index contributed by atoms with van der Waals surface area (Å²) in [6.45, 7) is 6.37. The van der Waals surface area contributed by atoms with Crippen molar-refractivity contribution in [2.24, 2.45) is 0 Å². The molecule has 1 aliphatic rings. The van der Waals surface area contributed by atoms with Gasteiger partial charge in [0.25, 0.3) is 5.56 Å². The van der Waals surface area contributed by atoms with Gasteiger partial charge in [0, 0.05) is 12.6 Å². The van der Waals surface area contributed by atoms with E-state index in [1.807, 2.05) is 78.9 Å². The van der Waals surface area contributed by atoms with Crippen LogP contribution in [0.4, 0.5) is 0 Å². The molecule has 9 nitrogen and oxygen atoms in total. The summed E-state index contributed by atoms with van der Waals surface area (Å²) in [6, 6.07) is 25.1. The maximum atomic E-state index is 12.9. The zero-order chi connectivity index (χ0) is 33.6. The number of ether oxygens (including phenoxy) is 4. The van der Waals surface area contributed by atoms with Crippen LogP contribution >= 0.6 is 0 Å². The molecule has 3 aromatic carbocycles. The van der Waals surface area contributed by atoms with E-state index in [0.29, 0.717) is 11.5 Å². The van der Waals surface area contributed by atoms with Crippen LogP contribution in [0, 0.1) is 11.5 Å². The van der Waals surface area contributed by atoms with Crippen molar-refractivity contribution in [1.29, 1.82) is 0 Å². The third kappa shape index (κ3) is 7.67. The highest BCUT2D eigenvalue weighted by Gasteiger charge is 2.42. The fraction of sp³-hybridized carbons (Fsp3) is 0.297. The number of H-pyrrole nitrogens is 1. The highest BCUT2D eigenvalue weighted by Crippen LogP contribution is 2.42. The van der Waals surface area contributed by atoms with Gasteiger partial charge in [-0.1, -0.05) is 80.2 Å². The van der Waals surface area contributed by atoms with Crippen molar-refractivity contribution < 1.29 is 24.1 Å². The van der Waals surface area contributed by atoms with E-state index in [1.165, 1.54) is 10.8 Å². The molecule has 0 spiro atoms. The fourth-order valence-corrected chi connectivity index (χ4v) is 6.06. The summed E-state index contributed by atoms with van der Waals surface area (Å²) >= 11 is 0. The Labute approximate surface area is 275 Å². The van der Waals surface area contributed by atoms with E-state index in [2.05, 4.69) is 36.1 Å². The fourth-order valence-electron chi connectivity index (χ4n) is 5.54. The van der Waals surface area contributed by atoms with E-state index < -0.39 is 43.4 Å². The quantitative estimate of drug-likeness (QED) is 0.139. The molecule has 2 N–H and O–H groups in total. The molecule has 0 saturated carbocycles. The number of aromatic amines is 1. The molecule has 1 saturated heterocycles. The molecule has 3 atom stereocenters. The van der Waals surface area contributed by atoms with Crippen LogP contribution in [0.3, 0.4) is 0 Å². The molecule has 0 amide bonds. The zero-order valence-corrected chi connectivity index (χ0v) is 28.2. The van der Waals surface area contributed by atoms with E-state index in [4.69, 9.17) is 18.9 Å². The number of nitrogens with one attached hydrogen (secondary N) is 1. The van der Waals surface area contributed by atoms with Crippen LogP contribution in [0.15, 0.2) is 101 Å². The van der Waals surface area contributed by atoms with Crippen molar-refractivity contribution in [3.63, 3.8) is 0 Å². The molecule has 0 aliphatic carbocycles. The summed E-state index contributed by atoms with van der Waals surface area (Å²) < 4.78 is 25.3. The lowest BCUT2D eigenvalue weighted by Crippen LogP contribution is -2.38. The standard InChI is InChI=1S/C37H40N2O7Si/c1-43-30-18-14-28(15-19-30)37(27-12-7-6-8-13-27,29-16-20-31(44-2)21-17-29)45-25-33-32(40)23-34(46-33)39-24-26(35(41)38-36(39)42)11-9-10-22-47(3,4)5/h6-9,11-21,24,32-34,40H,23,25H2,1-5H3,(H,38,41,42)/b11-9+/t32-,33-,34-/m1/s1. The average Bonchev–Trinajstić information content (AvgIpc) is 3.44. The molecule has 1 aliphatic heterocycles. The molecule has 244 valence electrons. The Morgan fingerprint density at radius 3 is 2.06 bits per heavy atom. The van der Waals surface area contributed by atoms with Crippen LogP contribution in [0.2, 0.25) is 19.6 Å². The van der Waals surface area contributed by atoms with Gasteiger partial charge < -0.3 is 24.1 Å². The Morgan fingerprint density at radius 2 is 1.51 bits per heavy atom. The van der Waals surface area contributed by atoms with Crippen molar-refractivity contribution in [2.45, 2.75) is 50.1 Å². The van der Waals surface area contributed by atoms with Gasteiger partial charge in [0.1, 0.15) is 37.5 Å². The van der Waals surface area contributed by atoms with E-state index >= 15 is 0 Å². The minimum Gasteiger partial charge on any atom is -0.497 e. The van der Waals surface area contributed by atoms with Crippen LogP contribution in [0.25, 0.3) is 6.08 Å². The molecule has 5 rings (SSSR count). The summed E-state index contributed by atoms with van der Waals surface area (Å²) in [5.74, 6) is 4.39. The Kier molecular flexibility index (Phi) is 10.3. The van der Waals surface area contributed by atoms with Crippen molar-refractivity contribution in [3.05, 3.63) is 134 Å². The average molecular weight is 653 g/mol. The van der Waals surface area contributed by atoms with Crippen molar-refractivity contribution in [3.8, 4) is 23.0 Å². The maximum Gasteiger partial charge on any atom is 0.330 e. The number of aromatic nitrogens is 2. The SMILES string of the molecule is COc1ccc(C(OC[C@H]2O[C@@H](n3cc(/C=C/C#C[Si](C)(C)C)c(=O)[nH]c3=O)C[C@H]2O)(c2ccccc2)c2ccc(OC)cc2)cc1. The van der Waals surface area contributed by atoms with Crippen molar-refractivity contribution in [1.82, 2.24) is 9.55 Å². The van der Waals surface area contributed by atoms with Crippen LogP contribution in [-0.2, 0) is 15.1 Å². The summed E-state index contributed by atoms with van der Waals surface area (Å²) in [5, 5.41) is 11.2. The molecule has 0 bridgehead atoms. The van der Waals surface area contributed by atoms with Gasteiger partial charge in [0.2, 0.25) is 0 Å². The lowest BCUT2D eigenvalue weighted by atomic mass is 9.80. The van der Waals surface area contributed by atoms with Gasteiger partial charge in [-0.15, -0.1) is 5.54 Å². The second kappa shape index (κ2) is 14.4. The highest BCUT2D eigenvalue weighted by molar-refractivity contribution is 6.83. The van der Waals surface area contributed by atoms with E-state index in [-0.39, 0.29) is 18.6 Å². The maximum absolute atomic E-state index is 12.9. The lowest BCUT2D eigenvalue weighted by molar-refractivity contribution is -0.0944. The van der Waals surface area contributed by atoms with Gasteiger partial charge in [-0.3, -0.25) is 14.3 Å². The normalized spacial score (nSPS) is 18.1. The van der Waals surface area contributed by atoms with Crippen LogP contribution in [0.1, 0.15) is 34.9 Å². The minimum atomic E-state index is -1.59. The van der Waals surface area contributed by atoms with Gasteiger partial charge in [-0.2, -0.15) is 0 Å². The van der Waals surface area contributed by atoms with Crippen LogP contribution < -0.4 is 20.7 Å². The third-order valence-electron chi connectivity index (χ3n) is 7.94. The summed E-state index contributed by atoms with van der Waals surface area (Å²) in [6.07, 6.45) is 2.21. The molecule has 0 unspecified atom stereocenters. The first-order chi connectivity index (χ1) is 22.5. The molecule has 1 fully saturated rings. The number of benzene rings is 3. The predicted octanol–water partition coefficient (Wildman–Crippen LogP) is 5.10. The number of allylic oxidation sites excluding steroid dienone is 1. The molecular formula is C37H40N2O7Si. The number of aliphatic hydroxyl groups excluding tert-OH is 1. The number of aliphatic hydroxyl groups is 1.